The second-order valence-electron chi connectivity index (χ2n) is 5.60. The van der Waals surface area contributed by atoms with Crippen molar-refractivity contribution in [3.63, 3.8) is 0 Å². The maximum atomic E-state index is 12.5. The lowest BCUT2D eigenvalue weighted by atomic mass is 10.1. The van der Waals surface area contributed by atoms with Crippen LogP contribution in [0.3, 0.4) is 0 Å². The van der Waals surface area contributed by atoms with Gasteiger partial charge < -0.3 is 4.57 Å². The molecule has 1 saturated heterocycles. The highest BCUT2D eigenvalue weighted by molar-refractivity contribution is 6.31. The summed E-state index contributed by atoms with van der Waals surface area (Å²) in [5.74, 6) is -1.51. The van der Waals surface area contributed by atoms with Gasteiger partial charge >= 0.3 is 6.03 Å². The second-order valence-corrected chi connectivity index (χ2v) is 5.60. The van der Waals surface area contributed by atoms with E-state index in [0.29, 0.717) is 11.4 Å². The van der Waals surface area contributed by atoms with Gasteiger partial charge in [-0.15, -0.1) is 6.58 Å². The molecule has 0 unspecified atom stereocenters. The van der Waals surface area contributed by atoms with E-state index in [-0.39, 0.29) is 17.8 Å². The highest BCUT2D eigenvalue weighted by Crippen LogP contribution is 2.20. The zero-order chi connectivity index (χ0) is 19.6. The first kappa shape index (κ1) is 17.8. The van der Waals surface area contributed by atoms with Gasteiger partial charge in [0.05, 0.1) is 4.92 Å². The molecule has 4 amide bonds. The Labute approximate surface area is 153 Å². The first-order chi connectivity index (χ1) is 12.9. The van der Waals surface area contributed by atoms with E-state index in [0.717, 1.165) is 4.90 Å². The summed E-state index contributed by atoms with van der Waals surface area (Å²) in [5, 5.41) is 12.9. The van der Waals surface area contributed by atoms with Crippen LogP contribution < -0.4 is 5.32 Å². The van der Waals surface area contributed by atoms with Crippen molar-refractivity contribution in [1.29, 1.82) is 0 Å². The third-order valence-corrected chi connectivity index (χ3v) is 3.91. The molecule has 0 bridgehead atoms. The van der Waals surface area contributed by atoms with Gasteiger partial charge in [0.2, 0.25) is 0 Å². The van der Waals surface area contributed by atoms with E-state index in [1.165, 1.54) is 24.3 Å². The van der Waals surface area contributed by atoms with Crippen molar-refractivity contribution in [3.05, 3.63) is 76.6 Å². The van der Waals surface area contributed by atoms with E-state index in [1.54, 1.807) is 35.0 Å². The van der Waals surface area contributed by atoms with E-state index in [4.69, 9.17) is 0 Å². The molecule has 1 aromatic heterocycles. The number of barbiturate groups is 1. The molecule has 1 aliphatic rings. The number of urea groups is 1. The standard InChI is InChI=1S/C18H14N4O5/c1-2-9-21-17(24)15(16(23)19-18(21)25)11-14-4-3-10-20(14)12-5-7-13(8-6-12)22(26)27/h2-8,10-11H,1,9H2,(H,19,23,25)/b15-11-. The normalized spacial score (nSPS) is 15.8. The van der Waals surface area contributed by atoms with Gasteiger partial charge in [0, 0.05) is 36.3 Å². The highest BCUT2D eigenvalue weighted by Gasteiger charge is 2.35. The lowest BCUT2D eigenvalue weighted by molar-refractivity contribution is -0.384. The van der Waals surface area contributed by atoms with Crippen LogP contribution in [0.5, 0.6) is 0 Å². The molecule has 136 valence electrons. The Morgan fingerprint density at radius 1 is 1.15 bits per heavy atom. The van der Waals surface area contributed by atoms with Crippen molar-refractivity contribution in [3.8, 4) is 5.69 Å². The quantitative estimate of drug-likeness (QED) is 0.286. The fourth-order valence-electron chi connectivity index (χ4n) is 2.62. The van der Waals surface area contributed by atoms with Crippen molar-refractivity contribution in [2.24, 2.45) is 0 Å². The number of imide groups is 2. The number of hydrogen-bond acceptors (Lipinski definition) is 5. The predicted molar refractivity (Wildman–Crippen MR) is 95.8 cm³/mol. The zero-order valence-corrected chi connectivity index (χ0v) is 14.0. The maximum absolute atomic E-state index is 12.5. The van der Waals surface area contributed by atoms with E-state index < -0.39 is 22.8 Å². The lowest BCUT2D eigenvalue weighted by Crippen LogP contribution is -2.54. The third kappa shape index (κ3) is 3.38. The summed E-state index contributed by atoms with van der Waals surface area (Å²) in [4.78, 5) is 47.5. The number of nitro groups is 1. The zero-order valence-electron chi connectivity index (χ0n) is 14.0. The van der Waals surface area contributed by atoms with Gasteiger partial charge in [0.25, 0.3) is 17.5 Å². The predicted octanol–water partition coefficient (Wildman–Crippen LogP) is 2.03. The number of benzene rings is 1. The van der Waals surface area contributed by atoms with Gasteiger partial charge in [-0.2, -0.15) is 0 Å². The van der Waals surface area contributed by atoms with Gasteiger partial charge in [0.15, 0.2) is 0 Å². The van der Waals surface area contributed by atoms with Crippen LogP contribution in [0.1, 0.15) is 5.69 Å². The van der Waals surface area contributed by atoms with Gasteiger partial charge in [-0.05, 0) is 30.3 Å². The number of nitro benzene ring substituents is 1. The molecular formula is C18H14N4O5. The highest BCUT2D eigenvalue weighted by atomic mass is 16.6. The third-order valence-electron chi connectivity index (χ3n) is 3.91. The molecule has 9 nitrogen and oxygen atoms in total. The molecule has 0 aliphatic carbocycles. The van der Waals surface area contributed by atoms with Crippen molar-refractivity contribution in [2.75, 3.05) is 6.54 Å². The largest absolute Gasteiger partial charge is 0.331 e. The molecular weight excluding hydrogens is 352 g/mol. The van der Waals surface area contributed by atoms with Gasteiger partial charge in [0.1, 0.15) is 5.57 Å². The summed E-state index contributed by atoms with van der Waals surface area (Å²) in [5.41, 5.74) is 0.861. The molecule has 0 spiro atoms. The lowest BCUT2D eigenvalue weighted by Gasteiger charge is -2.25. The molecule has 0 atom stereocenters. The van der Waals surface area contributed by atoms with Crippen LogP contribution in [0, 0.1) is 10.1 Å². The van der Waals surface area contributed by atoms with E-state index in [2.05, 4.69) is 11.9 Å². The van der Waals surface area contributed by atoms with Crippen molar-refractivity contribution in [1.82, 2.24) is 14.8 Å². The Kier molecular flexibility index (Phi) is 4.67. The van der Waals surface area contributed by atoms with Gasteiger partial charge in [-0.3, -0.25) is 29.9 Å². The molecule has 27 heavy (non-hydrogen) atoms. The minimum atomic E-state index is -0.798. The second kappa shape index (κ2) is 7.08. The van der Waals surface area contributed by atoms with Crippen LogP contribution >= 0.6 is 0 Å². The molecule has 1 aliphatic heterocycles. The molecule has 0 saturated carbocycles. The van der Waals surface area contributed by atoms with E-state index >= 15 is 0 Å². The SMILES string of the molecule is C=CCN1C(=O)NC(=O)/C(=C/c2cccn2-c2ccc([N+](=O)[O-])cc2)C1=O. The Morgan fingerprint density at radius 2 is 1.85 bits per heavy atom. The molecule has 2 aromatic rings. The molecule has 1 aromatic carbocycles. The van der Waals surface area contributed by atoms with Crippen LogP contribution in [0.4, 0.5) is 10.5 Å². The fraction of sp³-hybridized carbons (Fsp3) is 0.0556. The number of carbonyl (C=O) groups is 3. The average Bonchev–Trinajstić information content (AvgIpc) is 3.10. The minimum Gasteiger partial charge on any atom is -0.317 e. The summed E-state index contributed by atoms with van der Waals surface area (Å²) in [7, 11) is 0. The summed E-state index contributed by atoms with van der Waals surface area (Å²) in [6, 6.07) is 8.39. The first-order valence-electron chi connectivity index (χ1n) is 7.84. The Hall–Kier alpha value is -4.01. The first-order valence-corrected chi connectivity index (χ1v) is 7.84. The Morgan fingerprint density at radius 3 is 2.48 bits per heavy atom. The van der Waals surface area contributed by atoms with Crippen LogP contribution in [0.2, 0.25) is 0 Å². The maximum Gasteiger partial charge on any atom is 0.331 e. The Bertz CT molecular complexity index is 987. The molecule has 1 fully saturated rings. The fourth-order valence-corrected chi connectivity index (χ4v) is 2.62. The van der Waals surface area contributed by atoms with Gasteiger partial charge in [-0.1, -0.05) is 6.08 Å². The van der Waals surface area contributed by atoms with Crippen LogP contribution in [0.15, 0.2) is 60.8 Å². The molecule has 9 heteroatoms. The average molecular weight is 366 g/mol. The minimum absolute atomic E-state index is 0.0291. The smallest absolute Gasteiger partial charge is 0.317 e. The monoisotopic (exact) mass is 366 g/mol. The number of nitrogens with one attached hydrogen (secondary N) is 1. The topological polar surface area (TPSA) is 115 Å². The molecule has 2 heterocycles. The van der Waals surface area contributed by atoms with Crippen molar-refractivity contribution >= 4 is 29.6 Å². The van der Waals surface area contributed by atoms with Crippen molar-refractivity contribution < 1.29 is 19.3 Å². The van der Waals surface area contributed by atoms with Crippen LogP contribution in [-0.4, -0.2) is 38.8 Å². The number of nitrogens with zero attached hydrogens (tertiary/aromatic N) is 3. The summed E-state index contributed by atoms with van der Waals surface area (Å²) < 4.78 is 1.66. The van der Waals surface area contributed by atoms with Gasteiger partial charge in [-0.25, -0.2) is 4.79 Å². The summed E-state index contributed by atoms with van der Waals surface area (Å²) in [6.45, 7) is 3.46. The number of amides is 4. The van der Waals surface area contributed by atoms with Crippen LogP contribution in [-0.2, 0) is 9.59 Å². The number of hydrogen-bond donors (Lipinski definition) is 1. The molecule has 1 N–H and O–H groups in total. The number of rotatable bonds is 5. The molecule has 0 radical (unpaired) electrons. The van der Waals surface area contributed by atoms with Crippen molar-refractivity contribution in [2.45, 2.75) is 0 Å². The van der Waals surface area contributed by atoms with Crippen LogP contribution in [0.25, 0.3) is 11.8 Å². The number of non-ortho nitro benzene ring substituents is 1. The number of carbonyl (C=O) groups excluding carboxylic acids is 3. The van der Waals surface area contributed by atoms with E-state index in [9.17, 15) is 24.5 Å². The number of aromatic nitrogens is 1. The Balaban J connectivity index is 1.98. The summed E-state index contributed by atoms with van der Waals surface area (Å²) >= 11 is 0. The van der Waals surface area contributed by atoms with E-state index in [1.807, 2.05) is 0 Å². The molecule has 3 rings (SSSR count). The summed E-state index contributed by atoms with van der Waals surface area (Å²) in [6.07, 6.45) is 4.43.